The summed E-state index contributed by atoms with van der Waals surface area (Å²) in [6.45, 7) is 5.08. The summed E-state index contributed by atoms with van der Waals surface area (Å²) < 4.78 is 14.9. The van der Waals surface area contributed by atoms with Crippen molar-refractivity contribution in [1.82, 2.24) is 0 Å². The van der Waals surface area contributed by atoms with Crippen molar-refractivity contribution in [3.63, 3.8) is 0 Å². The van der Waals surface area contributed by atoms with Gasteiger partial charge in [0, 0.05) is 0 Å². The standard InChI is InChI=1S/C26H50O7S/c1-3-5-7-9-11-13-14-16-17-19-21-30-25(27)23-24(34-33-32-29)26(28)31-22-20-18-15-12-10-8-6-4-2/h24,29H,3-23H2,1-2H3. The molecule has 0 aromatic heterocycles. The molecular weight excluding hydrogens is 456 g/mol. The average Bonchev–Trinajstić information content (AvgIpc) is 2.83. The summed E-state index contributed by atoms with van der Waals surface area (Å²) in [5.41, 5.74) is 0. The lowest BCUT2D eigenvalue weighted by molar-refractivity contribution is -0.432. The van der Waals surface area contributed by atoms with Crippen molar-refractivity contribution in [3.05, 3.63) is 0 Å². The number of hydrogen-bond donors (Lipinski definition) is 1. The third-order valence-corrected chi connectivity index (χ3v) is 6.53. The van der Waals surface area contributed by atoms with Crippen LogP contribution in [0.5, 0.6) is 0 Å². The van der Waals surface area contributed by atoms with Crippen LogP contribution >= 0.6 is 12.0 Å². The van der Waals surface area contributed by atoms with Crippen LogP contribution < -0.4 is 0 Å². The molecule has 0 aliphatic carbocycles. The topological polar surface area (TPSA) is 91.3 Å². The van der Waals surface area contributed by atoms with E-state index in [0.717, 1.165) is 38.5 Å². The Morgan fingerprint density at radius 2 is 1.06 bits per heavy atom. The maximum absolute atomic E-state index is 12.3. The smallest absolute Gasteiger partial charge is 0.322 e. The van der Waals surface area contributed by atoms with Gasteiger partial charge in [-0.1, -0.05) is 122 Å². The summed E-state index contributed by atoms with van der Waals surface area (Å²) in [7, 11) is 0. The Morgan fingerprint density at radius 1 is 0.647 bits per heavy atom. The molecule has 0 bridgehead atoms. The van der Waals surface area contributed by atoms with Gasteiger partial charge in [0.05, 0.1) is 31.7 Å². The first-order chi connectivity index (χ1) is 16.7. The normalized spacial score (nSPS) is 12.0. The Bertz CT molecular complexity index is 462. The zero-order valence-corrected chi connectivity index (χ0v) is 22.5. The summed E-state index contributed by atoms with van der Waals surface area (Å²) >= 11 is 0.550. The quantitative estimate of drug-likeness (QED) is 0.0415. The molecule has 202 valence electrons. The van der Waals surface area contributed by atoms with Gasteiger partial charge in [-0.3, -0.25) is 9.59 Å². The highest BCUT2D eigenvalue weighted by Gasteiger charge is 2.26. The number of carbonyl (C=O) groups is 2. The van der Waals surface area contributed by atoms with E-state index >= 15 is 0 Å². The Balaban J connectivity index is 3.86. The van der Waals surface area contributed by atoms with Gasteiger partial charge < -0.3 is 9.47 Å². The molecule has 1 unspecified atom stereocenters. The van der Waals surface area contributed by atoms with E-state index in [9.17, 15) is 9.59 Å². The third-order valence-electron chi connectivity index (χ3n) is 5.80. The number of carbonyl (C=O) groups excluding carboxylic acids is 2. The van der Waals surface area contributed by atoms with Gasteiger partial charge in [0.1, 0.15) is 5.25 Å². The number of unbranched alkanes of at least 4 members (excludes halogenated alkanes) is 16. The molecule has 0 amide bonds. The van der Waals surface area contributed by atoms with Crippen LogP contribution in [-0.2, 0) is 28.4 Å². The van der Waals surface area contributed by atoms with Crippen LogP contribution in [0.2, 0.25) is 0 Å². The van der Waals surface area contributed by atoms with Crippen LogP contribution in [-0.4, -0.2) is 35.7 Å². The number of ether oxygens (including phenoxy) is 2. The van der Waals surface area contributed by atoms with Crippen molar-refractivity contribution in [3.8, 4) is 0 Å². The van der Waals surface area contributed by atoms with Crippen LogP contribution in [0.25, 0.3) is 0 Å². The van der Waals surface area contributed by atoms with Crippen molar-refractivity contribution in [2.24, 2.45) is 0 Å². The first-order valence-electron chi connectivity index (χ1n) is 13.6. The van der Waals surface area contributed by atoms with E-state index in [-0.39, 0.29) is 6.42 Å². The van der Waals surface area contributed by atoms with Gasteiger partial charge in [0.25, 0.3) is 0 Å². The predicted octanol–water partition coefficient (Wildman–Crippen LogP) is 7.96. The lowest BCUT2D eigenvalue weighted by Gasteiger charge is -2.13. The molecular formula is C26H50O7S. The van der Waals surface area contributed by atoms with E-state index in [1.807, 2.05) is 0 Å². The van der Waals surface area contributed by atoms with Crippen LogP contribution in [0.4, 0.5) is 0 Å². The minimum absolute atomic E-state index is 0.192. The van der Waals surface area contributed by atoms with Gasteiger partial charge in [-0.25, -0.2) is 5.26 Å². The Morgan fingerprint density at radius 3 is 1.50 bits per heavy atom. The van der Waals surface area contributed by atoms with Gasteiger partial charge >= 0.3 is 11.9 Å². The van der Waals surface area contributed by atoms with Gasteiger partial charge in [-0.05, 0) is 12.8 Å². The second-order valence-electron chi connectivity index (χ2n) is 8.98. The molecule has 0 aromatic carbocycles. The maximum atomic E-state index is 12.3. The first kappa shape index (κ1) is 33.2. The van der Waals surface area contributed by atoms with Gasteiger partial charge in [-0.2, -0.15) is 0 Å². The minimum Gasteiger partial charge on any atom is -0.466 e. The fraction of sp³-hybridized carbons (Fsp3) is 0.923. The van der Waals surface area contributed by atoms with Crippen LogP contribution in [0, 0.1) is 0 Å². The molecule has 8 heteroatoms. The van der Waals surface area contributed by atoms with Crippen molar-refractivity contribution in [2.75, 3.05) is 13.2 Å². The summed E-state index contributed by atoms with van der Waals surface area (Å²) in [4.78, 5) is 24.4. The van der Waals surface area contributed by atoms with Crippen molar-refractivity contribution in [2.45, 2.75) is 141 Å². The Kier molecular flexibility index (Phi) is 26.1. The monoisotopic (exact) mass is 506 g/mol. The fourth-order valence-electron chi connectivity index (χ4n) is 3.71. The van der Waals surface area contributed by atoms with Crippen LogP contribution in [0.15, 0.2) is 0 Å². The van der Waals surface area contributed by atoms with E-state index in [1.165, 1.54) is 77.0 Å². The molecule has 1 N–H and O–H groups in total. The third kappa shape index (κ3) is 22.9. The first-order valence-corrected chi connectivity index (χ1v) is 14.4. The zero-order valence-electron chi connectivity index (χ0n) is 21.7. The largest absolute Gasteiger partial charge is 0.466 e. The summed E-state index contributed by atoms with van der Waals surface area (Å²) in [5.74, 6) is -1.06. The molecule has 0 aromatic rings. The van der Waals surface area contributed by atoms with Crippen molar-refractivity contribution >= 4 is 24.0 Å². The SMILES string of the molecule is CCCCCCCCCCCCOC(=O)CC(SOOO)C(=O)OCCCCCCCCCC. The molecule has 0 heterocycles. The van der Waals surface area contributed by atoms with Crippen molar-refractivity contribution in [1.29, 1.82) is 0 Å². The molecule has 0 rings (SSSR count). The fourth-order valence-corrected chi connectivity index (χ4v) is 4.19. The van der Waals surface area contributed by atoms with Gasteiger partial charge in [0.15, 0.2) is 0 Å². The second kappa shape index (κ2) is 26.8. The Hall–Kier alpha value is -0.830. The summed E-state index contributed by atoms with van der Waals surface area (Å²) in [6, 6.07) is 0. The van der Waals surface area contributed by atoms with Gasteiger partial charge in [-0.15, -0.1) is 4.33 Å². The highest BCUT2D eigenvalue weighted by atomic mass is 32.2. The number of esters is 2. The summed E-state index contributed by atoms with van der Waals surface area (Å²) in [5, 5.41) is 11.0. The molecule has 34 heavy (non-hydrogen) atoms. The lowest BCUT2D eigenvalue weighted by Crippen LogP contribution is -2.25. The van der Waals surface area contributed by atoms with Crippen LogP contribution in [0.1, 0.15) is 136 Å². The predicted molar refractivity (Wildman–Crippen MR) is 137 cm³/mol. The molecule has 0 saturated heterocycles. The van der Waals surface area contributed by atoms with Crippen LogP contribution in [0.3, 0.4) is 0 Å². The minimum atomic E-state index is -0.943. The molecule has 0 saturated carbocycles. The average molecular weight is 507 g/mol. The van der Waals surface area contributed by atoms with E-state index in [1.54, 1.807) is 0 Å². The molecule has 0 aliphatic rings. The molecule has 0 spiro atoms. The molecule has 1 atom stereocenters. The maximum Gasteiger partial charge on any atom is 0.322 e. The number of hydrogen-bond acceptors (Lipinski definition) is 8. The number of rotatable bonds is 26. The lowest BCUT2D eigenvalue weighted by atomic mass is 10.1. The molecule has 7 nitrogen and oxygen atoms in total. The van der Waals surface area contributed by atoms with Gasteiger partial charge in [0.2, 0.25) is 0 Å². The van der Waals surface area contributed by atoms with E-state index in [4.69, 9.17) is 14.7 Å². The molecule has 0 aliphatic heterocycles. The molecule has 0 fully saturated rings. The van der Waals surface area contributed by atoms with E-state index < -0.39 is 17.2 Å². The van der Waals surface area contributed by atoms with E-state index in [0.29, 0.717) is 25.3 Å². The zero-order chi connectivity index (χ0) is 25.1. The highest BCUT2D eigenvalue weighted by Crippen LogP contribution is 2.19. The molecule has 0 radical (unpaired) electrons. The van der Waals surface area contributed by atoms with E-state index in [2.05, 4.69) is 23.2 Å². The highest BCUT2D eigenvalue weighted by molar-refractivity contribution is 7.95. The van der Waals surface area contributed by atoms with Crippen molar-refractivity contribution < 1.29 is 33.7 Å². The summed E-state index contributed by atoms with van der Waals surface area (Å²) in [6.07, 6.45) is 21.1. The Labute approximate surface area is 212 Å². The second-order valence-corrected chi connectivity index (χ2v) is 9.87.